The molecule has 1 saturated heterocycles. The average Bonchev–Trinajstić information content (AvgIpc) is 2.61. The van der Waals surface area contributed by atoms with Gasteiger partial charge >= 0.3 is 6.09 Å². The number of likely N-dealkylation sites (tertiary alicyclic amines) is 1. The van der Waals surface area contributed by atoms with Gasteiger partial charge in [-0.15, -0.1) is 0 Å². The second kappa shape index (κ2) is 8.29. The first-order valence-corrected chi connectivity index (χ1v) is 10.3. The SMILES string of the molecule is C[C@@H](CCO)NC1CC2(CCN(C(=O)OC(C)(C)C)CC2)Oc2ccccc21. The Morgan fingerprint density at radius 2 is 2.04 bits per heavy atom. The fourth-order valence-corrected chi connectivity index (χ4v) is 4.12. The van der Waals surface area contributed by atoms with Crippen molar-refractivity contribution in [3.8, 4) is 5.75 Å². The molecule has 1 fully saturated rings. The van der Waals surface area contributed by atoms with Crippen LogP contribution < -0.4 is 10.1 Å². The van der Waals surface area contributed by atoms with Gasteiger partial charge in [0, 0.05) is 56.6 Å². The second-order valence-electron chi connectivity index (χ2n) is 9.13. The molecule has 6 heteroatoms. The van der Waals surface area contributed by atoms with Gasteiger partial charge in [-0.2, -0.15) is 0 Å². The molecule has 2 atom stereocenters. The zero-order chi connectivity index (χ0) is 20.4. The molecule has 156 valence electrons. The van der Waals surface area contributed by atoms with E-state index in [0.717, 1.165) is 31.4 Å². The van der Waals surface area contributed by atoms with E-state index in [9.17, 15) is 9.90 Å². The van der Waals surface area contributed by atoms with Crippen LogP contribution in [-0.4, -0.2) is 53.0 Å². The second-order valence-corrected chi connectivity index (χ2v) is 9.13. The van der Waals surface area contributed by atoms with E-state index in [4.69, 9.17) is 9.47 Å². The molecule has 0 bridgehead atoms. The van der Waals surface area contributed by atoms with Gasteiger partial charge in [-0.1, -0.05) is 18.2 Å². The van der Waals surface area contributed by atoms with Crippen molar-refractivity contribution in [1.82, 2.24) is 10.2 Å². The predicted octanol–water partition coefficient (Wildman–Crippen LogP) is 3.64. The van der Waals surface area contributed by atoms with Crippen molar-refractivity contribution in [3.05, 3.63) is 29.8 Å². The maximum absolute atomic E-state index is 12.4. The Kier molecular flexibility index (Phi) is 6.20. The Morgan fingerprint density at radius 1 is 1.36 bits per heavy atom. The molecule has 6 nitrogen and oxygen atoms in total. The molecule has 2 heterocycles. The first kappa shape index (κ1) is 20.9. The van der Waals surface area contributed by atoms with Crippen molar-refractivity contribution in [2.24, 2.45) is 0 Å². The quantitative estimate of drug-likeness (QED) is 0.821. The maximum Gasteiger partial charge on any atom is 0.410 e. The van der Waals surface area contributed by atoms with E-state index < -0.39 is 5.60 Å². The topological polar surface area (TPSA) is 71.0 Å². The van der Waals surface area contributed by atoms with Crippen LogP contribution in [0.1, 0.15) is 65.0 Å². The number of ether oxygens (including phenoxy) is 2. The number of rotatable bonds is 4. The highest BCUT2D eigenvalue weighted by Crippen LogP contribution is 2.44. The maximum atomic E-state index is 12.4. The molecule has 2 aliphatic rings. The number of benzene rings is 1. The van der Waals surface area contributed by atoms with E-state index in [1.807, 2.05) is 39.0 Å². The van der Waals surface area contributed by atoms with Gasteiger partial charge in [-0.05, 0) is 40.2 Å². The van der Waals surface area contributed by atoms with Gasteiger partial charge in [0.15, 0.2) is 0 Å². The van der Waals surface area contributed by atoms with Crippen molar-refractivity contribution in [3.63, 3.8) is 0 Å². The Balaban J connectivity index is 1.70. The summed E-state index contributed by atoms with van der Waals surface area (Å²) < 4.78 is 12.0. The highest BCUT2D eigenvalue weighted by atomic mass is 16.6. The molecule has 1 spiro atoms. The Bertz CT molecular complexity index is 677. The van der Waals surface area contributed by atoms with E-state index in [1.165, 1.54) is 5.56 Å². The van der Waals surface area contributed by atoms with Crippen molar-refractivity contribution in [1.29, 1.82) is 0 Å². The molecular formula is C22H34N2O4. The largest absolute Gasteiger partial charge is 0.487 e. The van der Waals surface area contributed by atoms with E-state index in [2.05, 4.69) is 18.3 Å². The fraction of sp³-hybridized carbons (Fsp3) is 0.682. The van der Waals surface area contributed by atoms with Gasteiger partial charge < -0.3 is 24.8 Å². The minimum absolute atomic E-state index is 0.176. The molecule has 0 radical (unpaired) electrons. The summed E-state index contributed by atoms with van der Waals surface area (Å²) in [6.45, 7) is 9.22. The number of hydrogen-bond acceptors (Lipinski definition) is 5. The molecule has 0 aromatic heterocycles. The Hall–Kier alpha value is -1.79. The van der Waals surface area contributed by atoms with Gasteiger partial charge in [0.2, 0.25) is 0 Å². The lowest BCUT2D eigenvalue weighted by atomic mass is 9.80. The average molecular weight is 391 g/mol. The number of amides is 1. The van der Waals surface area contributed by atoms with Gasteiger partial charge in [0.05, 0.1) is 0 Å². The van der Waals surface area contributed by atoms with Crippen LogP contribution in [0.3, 0.4) is 0 Å². The van der Waals surface area contributed by atoms with Crippen LogP contribution in [0.2, 0.25) is 0 Å². The molecular weight excluding hydrogens is 356 g/mol. The number of fused-ring (bicyclic) bond motifs is 1. The van der Waals surface area contributed by atoms with Gasteiger partial charge in [0.25, 0.3) is 0 Å². The summed E-state index contributed by atoms with van der Waals surface area (Å²) in [4.78, 5) is 14.2. The lowest BCUT2D eigenvalue weighted by molar-refractivity contribution is -0.0353. The summed E-state index contributed by atoms with van der Waals surface area (Å²) in [5.41, 5.74) is 0.417. The van der Waals surface area contributed by atoms with Crippen molar-refractivity contribution in [2.45, 2.75) is 76.7 Å². The van der Waals surface area contributed by atoms with Crippen molar-refractivity contribution in [2.75, 3.05) is 19.7 Å². The third kappa shape index (κ3) is 4.97. The minimum Gasteiger partial charge on any atom is -0.487 e. The highest BCUT2D eigenvalue weighted by Gasteiger charge is 2.44. The van der Waals surface area contributed by atoms with Crippen LogP contribution in [0.5, 0.6) is 5.75 Å². The van der Waals surface area contributed by atoms with Crippen molar-refractivity contribution >= 4 is 6.09 Å². The molecule has 1 aromatic rings. The van der Waals surface area contributed by atoms with Crippen LogP contribution in [0.4, 0.5) is 4.79 Å². The molecule has 1 unspecified atom stereocenters. The number of carbonyl (C=O) groups excluding carboxylic acids is 1. The van der Waals surface area contributed by atoms with E-state index in [-0.39, 0.29) is 30.4 Å². The molecule has 3 rings (SSSR count). The number of nitrogens with zero attached hydrogens (tertiary/aromatic N) is 1. The van der Waals surface area contributed by atoms with Crippen LogP contribution >= 0.6 is 0 Å². The first-order valence-electron chi connectivity index (χ1n) is 10.3. The highest BCUT2D eigenvalue weighted by molar-refractivity contribution is 5.68. The molecule has 1 amide bonds. The number of aliphatic hydroxyl groups excluding tert-OH is 1. The number of para-hydroxylation sites is 1. The summed E-state index contributed by atoms with van der Waals surface area (Å²) in [5.74, 6) is 0.924. The number of carbonyl (C=O) groups is 1. The fourth-order valence-electron chi connectivity index (χ4n) is 4.12. The number of aliphatic hydroxyl groups is 1. The van der Waals surface area contributed by atoms with E-state index >= 15 is 0 Å². The Morgan fingerprint density at radius 3 is 2.68 bits per heavy atom. The standard InChI is InChI=1S/C22H34N2O4/c1-16(9-14-25)23-18-15-22(27-19-8-6-5-7-17(18)19)10-12-24(13-11-22)20(26)28-21(2,3)4/h5-8,16,18,23,25H,9-15H2,1-4H3/t16-,18?/m0/s1. The van der Waals surface area contributed by atoms with Crippen LogP contribution in [0.25, 0.3) is 0 Å². The minimum atomic E-state index is -0.482. The summed E-state index contributed by atoms with van der Waals surface area (Å²) in [6, 6.07) is 8.58. The van der Waals surface area contributed by atoms with Crippen LogP contribution in [0.15, 0.2) is 24.3 Å². The number of hydrogen-bond donors (Lipinski definition) is 2. The summed E-state index contributed by atoms with van der Waals surface area (Å²) in [5, 5.41) is 12.9. The Labute approximate surface area is 168 Å². The molecule has 0 aliphatic carbocycles. The predicted molar refractivity (Wildman–Crippen MR) is 109 cm³/mol. The molecule has 2 N–H and O–H groups in total. The molecule has 0 saturated carbocycles. The third-order valence-corrected chi connectivity index (χ3v) is 5.57. The summed E-state index contributed by atoms with van der Waals surface area (Å²) >= 11 is 0. The first-order chi connectivity index (χ1) is 13.2. The van der Waals surface area contributed by atoms with E-state index in [1.54, 1.807) is 4.90 Å². The van der Waals surface area contributed by atoms with Gasteiger partial charge in [-0.3, -0.25) is 0 Å². The van der Waals surface area contributed by atoms with E-state index in [0.29, 0.717) is 13.1 Å². The summed E-state index contributed by atoms with van der Waals surface area (Å²) in [7, 11) is 0. The number of nitrogens with one attached hydrogen (secondary N) is 1. The lowest BCUT2D eigenvalue weighted by Crippen LogP contribution is -2.54. The molecule has 1 aromatic carbocycles. The summed E-state index contributed by atoms with van der Waals surface area (Å²) in [6.07, 6.45) is 2.91. The smallest absolute Gasteiger partial charge is 0.410 e. The zero-order valence-electron chi connectivity index (χ0n) is 17.5. The third-order valence-electron chi connectivity index (χ3n) is 5.57. The van der Waals surface area contributed by atoms with Crippen LogP contribution in [0, 0.1) is 0 Å². The van der Waals surface area contributed by atoms with Crippen LogP contribution in [-0.2, 0) is 4.74 Å². The molecule has 28 heavy (non-hydrogen) atoms. The number of piperidine rings is 1. The monoisotopic (exact) mass is 390 g/mol. The normalized spacial score (nSPS) is 22.3. The molecule has 2 aliphatic heterocycles. The zero-order valence-corrected chi connectivity index (χ0v) is 17.5. The van der Waals surface area contributed by atoms with Gasteiger partial charge in [-0.25, -0.2) is 4.79 Å². The van der Waals surface area contributed by atoms with Crippen molar-refractivity contribution < 1.29 is 19.4 Å². The lowest BCUT2D eigenvalue weighted by Gasteiger charge is -2.47. The van der Waals surface area contributed by atoms with Gasteiger partial charge in [0.1, 0.15) is 17.0 Å².